The number of hydrogen-bond donors (Lipinski definition) is 1. The second-order valence-corrected chi connectivity index (χ2v) is 6.28. The van der Waals surface area contributed by atoms with Crippen molar-refractivity contribution in [3.8, 4) is 0 Å². The summed E-state index contributed by atoms with van der Waals surface area (Å²) in [7, 11) is 0. The van der Waals surface area contributed by atoms with Crippen LogP contribution in [-0.4, -0.2) is 42.2 Å². The van der Waals surface area contributed by atoms with Crippen molar-refractivity contribution in [2.75, 3.05) is 31.1 Å². The molecule has 4 rings (SSSR count). The van der Waals surface area contributed by atoms with Gasteiger partial charge in [0.15, 0.2) is 0 Å². The highest BCUT2D eigenvalue weighted by Crippen LogP contribution is 2.31. The monoisotopic (exact) mass is 306 g/mol. The van der Waals surface area contributed by atoms with Gasteiger partial charge < -0.3 is 10.0 Å². The lowest BCUT2D eigenvalue weighted by Crippen LogP contribution is -2.51. The molecule has 0 amide bonds. The van der Waals surface area contributed by atoms with Gasteiger partial charge in [0.1, 0.15) is 0 Å². The van der Waals surface area contributed by atoms with Crippen molar-refractivity contribution in [2.45, 2.75) is 12.1 Å². The molecule has 118 valence electrons. The molecule has 2 atom stereocenters. The summed E-state index contributed by atoms with van der Waals surface area (Å²) in [5.41, 5.74) is 3.47. The highest BCUT2D eigenvalue weighted by molar-refractivity contribution is 5.58. The van der Waals surface area contributed by atoms with E-state index in [-0.39, 0.29) is 6.04 Å². The number of fused-ring (bicyclic) bond motifs is 1. The Hall–Kier alpha value is -2.10. The molecule has 0 spiro atoms. The molecular weight excluding hydrogens is 284 g/mol. The lowest BCUT2D eigenvalue weighted by molar-refractivity contribution is 0.0684. The third-order valence-corrected chi connectivity index (χ3v) is 4.97. The van der Waals surface area contributed by atoms with E-state index in [4.69, 9.17) is 0 Å². The molecule has 1 saturated heterocycles. The van der Waals surface area contributed by atoms with Gasteiger partial charge in [-0.25, -0.2) is 0 Å². The maximum Gasteiger partial charge on any atom is 0.0986 e. The van der Waals surface area contributed by atoms with E-state index in [0.717, 1.165) is 37.3 Å². The Kier molecular flexibility index (Phi) is 3.90. The highest BCUT2D eigenvalue weighted by atomic mass is 16.3. The van der Waals surface area contributed by atoms with Crippen LogP contribution in [0, 0.1) is 0 Å². The quantitative estimate of drug-likeness (QED) is 0.924. The number of piperazine rings is 1. The summed E-state index contributed by atoms with van der Waals surface area (Å²) in [4.78, 5) is 4.82. The van der Waals surface area contributed by atoms with E-state index in [2.05, 4.69) is 58.4 Å². The maximum atomic E-state index is 10.7. The van der Waals surface area contributed by atoms with E-state index >= 15 is 0 Å². The Labute approximate surface area is 137 Å². The van der Waals surface area contributed by atoms with Crippen LogP contribution in [0.15, 0.2) is 60.7 Å². The van der Waals surface area contributed by atoms with Crippen molar-refractivity contribution in [3.05, 3.63) is 71.8 Å². The van der Waals surface area contributed by atoms with Gasteiger partial charge in [0.25, 0.3) is 0 Å². The van der Waals surface area contributed by atoms with E-state index in [1.807, 2.05) is 18.2 Å². The number of aliphatic hydroxyl groups is 1. The van der Waals surface area contributed by atoms with Crippen LogP contribution in [0.5, 0.6) is 0 Å². The molecule has 23 heavy (non-hydrogen) atoms. The number of benzene rings is 2. The third-order valence-electron chi connectivity index (χ3n) is 4.97. The molecule has 0 radical (unpaired) electrons. The van der Waals surface area contributed by atoms with E-state index in [1.165, 1.54) is 5.69 Å². The Bertz CT molecular complexity index is 690. The summed E-state index contributed by atoms with van der Waals surface area (Å²) in [6.45, 7) is 3.96. The maximum absolute atomic E-state index is 10.7. The summed E-state index contributed by atoms with van der Waals surface area (Å²) in [5, 5.41) is 10.7. The minimum atomic E-state index is -0.431. The van der Waals surface area contributed by atoms with Crippen LogP contribution in [-0.2, 0) is 0 Å². The van der Waals surface area contributed by atoms with E-state index < -0.39 is 6.10 Å². The lowest BCUT2D eigenvalue weighted by atomic mass is 9.90. The summed E-state index contributed by atoms with van der Waals surface area (Å²) in [5.74, 6) is 0. The van der Waals surface area contributed by atoms with E-state index in [9.17, 15) is 5.11 Å². The molecule has 0 saturated carbocycles. The number of aliphatic hydroxyl groups excluding tert-OH is 1. The van der Waals surface area contributed by atoms with Crippen molar-refractivity contribution in [1.29, 1.82) is 0 Å². The molecule has 1 heterocycles. The third kappa shape index (κ3) is 2.78. The van der Waals surface area contributed by atoms with Gasteiger partial charge in [-0.05, 0) is 23.3 Å². The minimum Gasteiger partial charge on any atom is -0.386 e. The molecule has 2 aliphatic rings. The molecular formula is C20H22N2O. The van der Waals surface area contributed by atoms with E-state index in [0.29, 0.717) is 0 Å². The first kappa shape index (κ1) is 14.5. The standard InChI is InChI=1S/C20H22N2O/c23-20-18-9-5-4-6-16(18)10-11-19(20)22-14-12-21(13-15-22)17-7-2-1-3-8-17/h1-11,19-20,23H,12-15H2/t19-,20-/m1/s1. The Morgan fingerprint density at radius 1 is 0.826 bits per heavy atom. The topological polar surface area (TPSA) is 26.7 Å². The molecule has 1 aliphatic heterocycles. The van der Waals surface area contributed by atoms with Crippen molar-refractivity contribution in [3.63, 3.8) is 0 Å². The summed E-state index contributed by atoms with van der Waals surface area (Å²) in [6, 6.07) is 18.8. The van der Waals surface area contributed by atoms with E-state index in [1.54, 1.807) is 0 Å². The largest absolute Gasteiger partial charge is 0.386 e. The second kappa shape index (κ2) is 6.19. The van der Waals surface area contributed by atoms with Crippen molar-refractivity contribution < 1.29 is 5.11 Å². The van der Waals surface area contributed by atoms with Crippen molar-refractivity contribution >= 4 is 11.8 Å². The van der Waals surface area contributed by atoms with Gasteiger partial charge >= 0.3 is 0 Å². The van der Waals surface area contributed by atoms with Crippen LogP contribution in [0.2, 0.25) is 0 Å². The zero-order valence-corrected chi connectivity index (χ0v) is 13.2. The first-order valence-corrected chi connectivity index (χ1v) is 8.32. The molecule has 0 unspecified atom stereocenters. The van der Waals surface area contributed by atoms with Crippen LogP contribution < -0.4 is 4.90 Å². The second-order valence-electron chi connectivity index (χ2n) is 6.28. The summed E-state index contributed by atoms with van der Waals surface area (Å²) < 4.78 is 0. The van der Waals surface area contributed by atoms with Crippen LogP contribution in [0.25, 0.3) is 6.08 Å². The molecule has 0 bridgehead atoms. The number of nitrogens with zero attached hydrogens (tertiary/aromatic N) is 2. The lowest BCUT2D eigenvalue weighted by Gasteiger charge is -2.42. The molecule has 3 nitrogen and oxygen atoms in total. The number of para-hydroxylation sites is 1. The summed E-state index contributed by atoms with van der Waals surface area (Å²) in [6.07, 6.45) is 3.88. The minimum absolute atomic E-state index is 0.0859. The normalized spacial score (nSPS) is 24.5. The highest BCUT2D eigenvalue weighted by Gasteiger charge is 2.31. The molecule has 0 aromatic heterocycles. The van der Waals surface area contributed by atoms with Gasteiger partial charge in [0, 0.05) is 31.9 Å². The van der Waals surface area contributed by atoms with Crippen LogP contribution in [0.3, 0.4) is 0 Å². The molecule has 1 N–H and O–H groups in total. The molecule has 1 aliphatic carbocycles. The van der Waals surface area contributed by atoms with Gasteiger partial charge in [-0.2, -0.15) is 0 Å². The number of rotatable bonds is 2. The number of hydrogen-bond acceptors (Lipinski definition) is 3. The fourth-order valence-electron chi connectivity index (χ4n) is 3.66. The first-order chi connectivity index (χ1) is 11.3. The average molecular weight is 306 g/mol. The fraction of sp³-hybridized carbons (Fsp3) is 0.300. The Morgan fingerprint density at radius 2 is 1.52 bits per heavy atom. The fourth-order valence-corrected chi connectivity index (χ4v) is 3.66. The van der Waals surface area contributed by atoms with Gasteiger partial charge in [-0.3, -0.25) is 4.90 Å². The predicted molar refractivity (Wildman–Crippen MR) is 94.5 cm³/mol. The summed E-state index contributed by atoms with van der Waals surface area (Å²) >= 11 is 0. The van der Waals surface area contributed by atoms with Gasteiger partial charge in [-0.1, -0.05) is 54.6 Å². The SMILES string of the molecule is O[C@@H]1c2ccccc2C=C[C@H]1N1CCN(c2ccccc2)CC1. The average Bonchev–Trinajstić information content (AvgIpc) is 2.63. The smallest absolute Gasteiger partial charge is 0.0986 e. The number of anilines is 1. The molecule has 2 aromatic rings. The van der Waals surface area contributed by atoms with Crippen LogP contribution in [0.4, 0.5) is 5.69 Å². The molecule has 2 aromatic carbocycles. The van der Waals surface area contributed by atoms with Crippen LogP contribution in [0.1, 0.15) is 17.2 Å². The molecule has 1 fully saturated rings. The Balaban J connectivity index is 1.45. The van der Waals surface area contributed by atoms with Crippen LogP contribution >= 0.6 is 0 Å². The van der Waals surface area contributed by atoms with Gasteiger partial charge in [0.05, 0.1) is 12.1 Å². The van der Waals surface area contributed by atoms with Crippen molar-refractivity contribution in [2.24, 2.45) is 0 Å². The predicted octanol–water partition coefficient (Wildman–Crippen LogP) is 2.94. The zero-order valence-electron chi connectivity index (χ0n) is 13.2. The van der Waals surface area contributed by atoms with Gasteiger partial charge in [-0.15, -0.1) is 0 Å². The molecule has 3 heteroatoms. The Morgan fingerprint density at radius 3 is 2.30 bits per heavy atom. The van der Waals surface area contributed by atoms with Gasteiger partial charge in [0.2, 0.25) is 0 Å². The van der Waals surface area contributed by atoms with Crippen molar-refractivity contribution in [1.82, 2.24) is 4.90 Å². The first-order valence-electron chi connectivity index (χ1n) is 8.32. The zero-order chi connectivity index (χ0) is 15.6.